The quantitative estimate of drug-likeness (QED) is 0.625. The average molecular weight is 449 g/mol. The van der Waals surface area contributed by atoms with E-state index in [1.807, 2.05) is 67.6 Å². The zero-order valence-corrected chi connectivity index (χ0v) is 18.5. The van der Waals surface area contributed by atoms with Gasteiger partial charge in [-0.3, -0.25) is 9.59 Å². The maximum absolute atomic E-state index is 13.3. The molecule has 0 aromatic heterocycles. The Morgan fingerprint density at radius 2 is 1.44 bits per heavy atom. The van der Waals surface area contributed by atoms with E-state index in [9.17, 15) is 18.0 Å². The van der Waals surface area contributed by atoms with Crippen molar-refractivity contribution < 1.29 is 18.0 Å². The Kier molecular flexibility index (Phi) is 6.10. The van der Waals surface area contributed by atoms with Gasteiger partial charge in [0.15, 0.2) is 0 Å². The molecule has 4 rings (SSSR count). The molecule has 1 heterocycles. The van der Waals surface area contributed by atoms with E-state index in [0.29, 0.717) is 0 Å². The van der Waals surface area contributed by atoms with E-state index in [2.05, 4.69) is 5.32 Å². The summed E-state index contributed by atoms with van der Waals surface area (Å²) in [6.07, 6.45) is 0.149. The van der Waals surface area contributed by atoms with Crippen LogP contribution in [-0.2, 0) is 19.6 Å². The molecule has 1 atom stereocenters. The van der Waals surface area contributed by atoms with Crippen LogP contribution < -0.4 is 5.32 Å². The van der Waals surface area contributed by atoms with Crippen LogP contribution in [0.15, 0.2) is 89.8 Å². The molecule has 164 valence electrons. The minimum Gasteiger partial charge on any atom is -0.343 e. The highest BCUT2D eigenvalue weighted by Gasteiger charge is 2.44. The third kappa shape index (κ3) is 4.29. The lowest BCUT2D eigenvalue weighted by atomic mass is 9.98. The SMILES string of the molecule is Cc1ccc(S(=O)(=O)N2C(=O)CC[C@@H]2C(=O)NC(c2ccccc2)c2ccccc2)cc1. The third-order valence-electron chi connectivity index (χ3n) is 5.59. The van der Waals surface area contributed by atoms with Crippen molar-refractivity contribution >= 4 is 21.8 Å². The molecule has 0 radical (unpaired) electrons. The van der Waals surface area contributed by atoms with E-state index in [-0.39, 0.29) is 17.7 Å². The summed E-state index contributed by atoms with van der Waals surface area (Å²) in [7, 11) is -4.14. The number of nitrogens with zero attached hydrogens (tertiary/aromatic N) is 1. The number of hydrogen-bond acceptors (Lipinski definition) is 4. The van der Waals surface area contributed by atoms with Gasteiger partial charge in [-0.15, -0.1) is 0 Å². The van der Waals surface area contributed by atoms with Crippen molar-refractivity contribution in [3.63, 3.8) is 0 Å². The van der Waals surface area contributed by atoms with Gasteiger partial charge in [0.1, 0.15) is 6.04 Å². The Labute approximate surface area is 187 Å². The van der Waals surface area contributed by atoms with Gasteiger partial charge in [0.25, 0.3) is 10.0 Å². The summed E-state index contributed by atoms with van der Waals surface area (Å²) in [5.41, 5.74) is 2.63. The number of hydrogen-bond donors (Lipinski definition) is 1. The fraction of sp³-hybridized carbons (Fsp3) is 0.200. The largest absolute Gasteiger partial charge is 0.343 e. The van der Waals surface area contributed by atoms with Crippen LogP contribution in [0.2, 0.25) is 0 Å². The fourth-order valence-corrected chi connectivity index (χ4v) is 5.52. The van der Waals surface area contributed by atoms with Crippen LogP contribution in [0.4, 0.5) is 0 Å². The van der Waals surface area contributed by atoms with Gasteiger partial charge in [-0.05, 0) is 36.6 Å². The van der Waals surface area contributed by atoms with Crippen molar-refractivity contribution in [2.24, 2.45) is 0 Å². The summed E-state index contributed by atoms with van der Waals surface area (Å²) >= 11 is 0. The predicted octanol–water partition coefficient (Wildman–Crippen LogP) is 3.58. The Balaban J connectivity index is 1.65. The molecular formula is C25H24N2O4S. The minimum absolute atomic E-state index is 0.00109. The first kappa shape index (κ1) is 21.8. The second kappa shape index (κ2) is 8.96. The van der Waals surface area contributed by atoms with Crippen LogP contribution in [0.25, 0.3) is 0 Å². The van der Waals surface area contributed by atoms with E-state index in [0.717, 1.165) is 21.0 Å². The van der Waals surface area contributed by atoms with Crippen LogP contribution in [0.3, 0.4) is 0 Å². The van der Waals surface area contributed by atoms with Crippen molar-refractivity contribution in [1.29, 1.82) is 0 Å². The van der Waals surface area contributed by atoms with E-state index in [1.54, 1.807) is 12.1 Å². The van der Waals surface area contributed by atoms with Crippen LogP contribution in [0.5, 0.6) is 0 Å². The molecule has 32 heavy (non-hydrogen) atoms. The topological polar surface area (TPSA) is 83.6 Å². The summed E-state index contributed by atoms with van der Waals surface area (Å²) < 4.78 is 27.2. The molecule has 1 saturated heterocycles. The minimum atomic E-state index is -4.14. The number of amides is 2. The standard InChI is InChI=1S/C25H24N2O4S/c1-18-12-14-21(15-13-18)32(30,31)27-22(16-17-23(27)28)25(29)26-24(19-8-4-2-5-9-19)20-10-6-3-7-11-20/h2-15,22,24H,16-17H2,1H3,(H,26,29)/t22-/m1/s1. The number of rotatable bonds is 6. The molecule has 1 fully saturated rings. The van der Waals surface area contributed by atoms with Crippen LogP contribution >= 0.6 is 0 Å². The zero-order chi connectivity index (χ0) is 22.7. The van der Waals surface area contributed by atoms with Crippen molar-refractivity contribution in [3.8, 4) is 0 Å². The van der Waals surface area contributed by atoms with Gasteiger partial charge in [0.2, 0.25) is 11.8 Å². The number of sulfonamides is 1. The normalized spacial score (nSPS) is 16.4. The van der Waals surface area contributed by atoms with E-state index in [4.69, 9.17) is 0 Å². The number of aryl methyl sites for hydroxylation is 1. The van der Waals surface area contributed by atoms with E-state index >= 15 is 0 Å². The van der Waals surface area contributed by atoms with Crippen molar-refractivity contribution in [3.05, 3.63) is 102 Å². The second-order valence-electron chi connectivity index (χ2n) is 7.83. The molecule has 3 aromatic carbocycles. The summed E-state index contributed by atoms with van der Waals surface area (Å²) in [5, 5.41) is 2.98. The Bertz CT molecular complexity index is 1170. The predicted molar refractivity (Wildman–Crippen MR) is 121 cm³/mol. The summed E-state index contributed by atoms with van der Waals surface area (Å²) in [6, 6.07) is 23.6. The first-order valence-corrected chi connectivity index (χ1v) is 11.9. The highest BCUT2D eigenvalue weighted by atomic mass is 32.2. The van der Waals surface area contributed by atoms with Gasteiger partial charge < -0.3 is 5.32 Å². The Morgan fingerprint density at radius 3 is 1.97 bits per heavy atom. The summed E-state index contributed by atoms with van der Waals surface area (Å²) in [4.78, 5) is 25.9. The highest BCUT2D eigenvalue weighted by molar-refractivity contribution is 7.89. The first-order valence-electron chi connectivity index (χ1n) is 10.4. The maximum atomic E-state index is 13.3. The van der Waals surface area contributed by atoms with Crippen LogP contribution in [-0.4, -0.2) is 30.6 Å². The average Bonchev–Trinajstić information content (AvgIpc) is 3.21. The molecule has 0 saturated carbocycles. The molecule has 0 unspecified atom stereocenters. The van der Waals surface area contributed by atoms with Gasteiger partial charge in [0.05, 0.1) is 10.9 Å². The van der Waals surface area contributed by atoms with E-state index < -0.39 is 33.9 Å². The van der Waals surface area contributed by atoms with Gasteiger partial charge >= 0.3 is 0 Å². The monoisotopic (exact) mass is 448 g/mol. The number of nitrogens with one attached hydrogen (secondary N) is 1. The molecule has 1 aliphatic heterocycles. The van der Waals surface area contributed by atoms with E-state index in [1.165, 1.54) is 12.1 Å². The molecule has 1 N–H and O–H groups in total. The summed E-state index contributed by atoms with van der Waals surface area (Å²) in [5.74, 6) is -1.06. The van der Waals surface area contributed by atoms with Gasteiger partial charge in [0, 0.05) is 6.42 Å². The highest BCUT2D eigenvalue weighted by Crippen LogP contribution is 2.29. The Morgan fingerprint density at radius 1 is 0.906 bits per heavy atom. The lowest BCUT2D eigenvalue weighted by Gasteiger charge is -2.27. The van der Waals surface area contributed by atoms with Crippen molar-refractivity contribution in [2.45, 2.75) is 36.7 Å². The van der Waals surface area contributed by atoms with Gasteiger partial charge in [-0.25, -0.2) is 12.7 Å². The smallest absolute Gasteiger partial charge is 0.267 e. The molecule has 0 bridgehead atoms. The molecule has 1 aliphatic rings. The van der Waals surface area contributed by atoms with Gasteiger partial charge in [-0.1, -0.05) is 78.4 Å². The second-order valence-corrected chi connectivity index (χ2v) is 9.64. The zero-order valence-electron chi connectivity index (χ0n) is 17.6. The van der Waals surface area contributed by atoms with Crippen molar-refractivity contribution in [1.82, 2.24) is 9.62 Å². The van der Waals surface area contributed by atoms with Crippen LogP contribution in [0.1, 0.15) is 35.6 Å². The molecular weight excluding hydrogens is 424 g/mol. The third-order valence-corrected chi connectivity index (χ3v) is 7.44. The van der Waals surface area contributed by atoms with Crippen LogP contribution in [0, 0.1) is 6.92 Å². The molecule has 2 amide bonds. The number of carbonyl (C=O) groups is 2. The molecule has 7 heteroatoms. The lowest BCUT2D eigenvalue weighted by molar-refractivity contribution is -0.130. The Hall–Kier alpha value is -3.45. The fourth-order valence-electron chi connectivity index (χ4n) is 3.91. The summed E-state index contributed by atoms with van der Waals surface area (Å²) in [6.45, 7) is 1.85. The lowest BCUT2D eigenvalue weighted by Crippen LogP contribution is -2.48. The number of carbonyl (C=O) groups excluding carboxylic acids is 2. The van der Waals surface area contributed by atoms with Gasteiger partial charge in [-0.2, -0.15) is 0 Å². The molecule has 0 spiro atoms. The number of benzene rings is 3. The first-order chi connectivity index (χ1) is 15.4. The maximum Gasteiger partial charge on any atom is 0.267 e. The van der Waals surface area contributed by atoms with Crippen molar-refractivity contribution in [2.75, 3.05) is 0 Å². The molecule has 0 aliphatic carbocycles. The molecule has 3 aromatic rings. The molecule has 6 nitrogen and oxygen atoms in total.